The van der Waals surface area contributed by atoms with Crippen LogP contribution in [0.15, 0.2) is 42.5 Å². The van der Waals surface area contributed by atoms with Crippen LogP contribution in [0.25, 0.3) is 0 Å². The summed E-state index contributed by atoms with van der Waals surface area (Å²) in [7, 11) is 0. The molecule has 2 aliphatic rings. The van der Waals surface area contributed by atoms with Crippen LogP contribution in [0.2, 0.25) is 25.1 Å². The summed E-state index contributed by atoms with van der Waals surface area (Å²) in [4.78, 5) is 42.6. The van der Waals surface area contributed by atoms with Crippen LogP contribution in [0.1, 0.15) is 37.9 Å². The maximum atomic E-state index is 13.7. The topological polar surface area (TPSA) is 57.7 Å². The molecule has 1 saturated heterocycles. The highest BCUT2D eigenvalue weighted by molar-refractivity contribution is 6.55. The van der Waals surface area contributed by atoms with Crippen LogP contribution in [-0.4, -0.2) is 28.7 Å². The first-order valence-electron chi connectivity index (χ1n) is 10.1. The van der Waals surface area contributed by atoms with Crippen LogP contribution < -0.4 is 4.90 Å². The summed E-state index contributed by atoms with van der Waals surface area (Å²) in [5.41, 5.74) is 1.30. The molecule has 0 saturated carbocycles. The molecule has 2 atom stereocenters. The Morgan fingerprint density at radius 1 is 0.714 bits per heavy atom. The lowest BCUT2D eigenvalue weighted by Crippen LogP contribution is -2.67. The maximum absolute atomic E-state index is 13.7. The number of fused-ring (bicyclic) bond motifs is 1. The molecule has 2 aliphatic heterocycles. The van der Waals surface area contributed by atoms with Gasteiger partial charge in [0.15, 0.2) is 0 Å². The SMILES string of the molecule is Cc1cc(Cl)ccc1N1C(=O)[C@H](N2C(=O)c3c(Cl)c(Cl)c(Cl)c(Cl)c3C2=O)[C@H]1c1ccc(F)cc1. The largest absolute Gasteiger partial charge is 0.300 e. The van der Waals surface area contributed by atoms with Gasteiger partial charge in [0, 0.05) is 10.7 Å². The zero-order valence-corrected chi connectivity index (χ0v) is 21.4. The average molecular weight is 573 g/mol. The number of amides is 3. The third-order valence-corrected chi connectivity index (χ3v) is 8.15. The molecule has 0 radical (unpaired) electrons. The van der Waals surface area contributed by atoms with E-state index in [1.165, 1.54) is 29.2 Å². The fourth-order valence-electron chi connectivity index (χ4n) is 4.49. The number of anilines is 1. The highest BCUT2D eigenvalue weighted by Gasteiger charge is 2.58. The molecule has 35 heavy (non-hydrogen) atoms. The van der Waals surface area contributed by atoms with Crippen molar-refractivity contribution in [3.8, 4) is 0 Å². The normalized spacial score (nSPS) is 19.3. The number of β-lactam (4-membered cyclic amide) rings is 1. The number of halogens is 6. The van der Waals surface area contributed by atoms with Gasteiger partial charge in [0.25, 0.3) is 17.7 Å². The summed E-state index contributed by atoms with van der Waals surface area (Å²) in [6.45, 7) is 1.77. The first-order chi connectivity index (χ1) is 16.5. The zero-order chi connectivity index (χ0) is 25.3. The second kappa shape index (κ2) is 8.64. The lowest BCUT2D eigenvalue weighted by Gasteiger charge is -2.50. The first-order valence-corrected chi connectivity index (χ1v) is 12.0. The van der Waals surface area contributed by atoms with Crippen molar-refractivity contribution in [1.82, 2.24) is 4.90 Å². The summed E-state index contributed by atoms with van der Waals surface area (Å²) in [6, 6.07) is 8.37. The summed E-state index contributed by atoms with van der Waals surface area (Å²) in [5.74, 6) is -2.65. The third kappa shape index (κ3) is 3.54. The van der Waals surface area contributed by atoms with Crippen LogP contribution in [-0.2, 0) is 4.79 Å². The van der Waals surface area contributed by atoms with Crippen LogP contribution in [0.3, 0.4) is 0 Å². The number of hydrogen-bond acceptors (Lipinski definition) is 3. The van der Waals surface area contributed by atoms with Crippen molar-refractivity contribution >= 4 is 81.4 Å². The highest BCUT2D eigenvalue weighted by Crippen LogP contribution is 2.49. The van der Waals surface area contributed by atoms with Gasteiger partial charge in [-0.15, -0.1) is 0 Å². The molecule has 11 heteroatoms. The van der Waals surface area contributed by atoms with Gasteiger partial charge in [-0.1, -0.05) is 70.1 Å². The van der Waals surface area contributed by atoms with Crippen molar-refractivity contribution < 1.29 is 18.8 Å². The Balaban J connectivity index is 1.65. The number of aryl methyl sites for hydroxylation is 1. The van der Waals surface area contributed by atoms with Gasteiger partial charge >= 0.3 is 0 Å². The summed E-state index contributed by atoms with van der Waals surface area (Å²) >= 11 is 30.8. The Hall–Kier alpha value is -2.35. The molecule has 3 aromatic carbocycles. The molecule has 5 nitrogen and oxygen atoms in total. The Bertz CT molecular complexity index is 1410. The van der Waals surface area contributed by atoms with E-state index in [2.05, 4.69) is 0 Å². The van der Waals surface area contributed by atoms with E-state index in [-0.39, 0.29) is 31.2 Å². The Kier molecular flexibility index (Phi) is 6.01. The molecular weight excluding hydrogens is 561 g/mol. The van der Waals surface area contributed by atoms with Crippen molar-refractivity contribution in [3.63, 3.8) is 0 Å². The van der Waals surface area contributed by atoms with Crippen molar-refractivity contribution in [3.05, 3.63) is 95.6 Å². The zero-order valence-electron chi connectivity index (χ0n) is 17.6. The van der Waals surface area contributed by atoms with Crippen molar-refractivity contribution in [2.75, 3.05) is 4.90 Å². The van der Waals surface area contributed by atoms with Crippen LogP contribution in [0.4, 0.5) is 10.1 Å². The van der Waals surface area contributed by atoms with Crippen molar-refractivity contribution in [2.45, 2.75) is 19.0 Å². The van der Waals surface area contributed by atoms with Gasteiger partial charge in [0.2, 0.25) is 0 Å². The Labute approximate surface area is 223 Å². The second-order valence-corrected chi connectivity index (χ2v) is 10.0. The predicted molar refractivity (Wildman–Crippen MR) is 134 cm³/mol. The molecule has 3 amide bonds. The van der Waals surface area contributed by atoms with Gasteiger partial charge in [-0.2, -0.15) is 0 Å². The molecule has 1 fully saturated rings. The highest BCUT2D eigenvalue weighted by atomic mass is 35.5. The van der Waals surface area contributed by atoms with E-state index in [4.69, 9.17) is 58.0 Å². The van der Waals surface area contributed by atoms with E-state index >= 15 is 0 Å². The van der Waals surface area contributed by atoms with Gasteiger partial charge < -0.3 is 4.90 Å². The molecule has 0 spiro atoms. The molecule has 0 N–H and O–H groups in total. The monoisotopic (exact) mass is 570 g/mol. The lowest BCUT2D eigenvalue weighted by atomic mass is 9.85. The molecule has 5 rings (SSSR count). The standard InChI is InChI=1S/C24H12Cl5FN2O3/c1-9-8-11(25)4-7-13(9)31-20(10-2-5-12(30)6-3-10)21(24(31)35)32-22(33)14-15(23(32)34)17(27)19(29)18(28)16(14)26/h2-8,20-21H,1H3/t20-,21-/m1/s1. The summed E-state index contributed by atoms with van der Waals surface area (Å²) in [5, 5.41) is -0.325. The first kappa shape index (κ1) is 24.3. The summed E-state index contributed by atoms with van der Waals surface area (Å²) in [6.07, 6.45) is 0. The molecule has 0 unspecified atom stereocenters. The van der Waals surface area contributed by atoms with Gasteiger partial charge in [0.05, 0.1) is 37.3 Å². The van der Waals surface area contributed by atoms with Crippen LogP contribution in [0, 0.1) is 12.7 Å². The number of carbonyl (C=O) groups is 3. The number of imide groups is 1. The second-order valence-electron chi connectivity index (χ2n) is 8.07. The molecule has 3 aromatic rings. The minimum atomic E-state index is -1.24. The van der Waals surface area contributed by atoms with Crippen LogP contribution in [0.5, 0.6) is 0 Å². The van der Waals surface area contributed by atoms with E-state index in [9.17, 15) is 18.8 Å². The van der Waals surface area contributed by atoms with E-state index in [0.29, 0.717) is 21.8 Å². The maximum Gasteiger partial charge on any atom is 0.264 e. The van der Waals surface area contributed by atoms with Crippen molar-refractivity contribution in [2.24, 2.45) is 0 Å². The smallest absolute Gasteiger partial charge is 0.264 e. The Morgan fingerprint density at radius 2 is 1.26 bits per heavy atom. The molecular formula is C24H12Cl5FN2O3. The lowest BCUT2D eigenvalue weighted by molar-refractivity contribution is -0.130. The van der Waals surface area contributed by atoms with Gasteiger partial charge in [-0.05, 0) is 48.4 Å². The molecule has 0 aliphatic carbocycles. The Morgan fingerprint density at radius 3 is 1.77 bits per heavy atom. The van der Waals surface area contributed by atoms with E-state index < -0.39 is 35.6 Å². The van der Waals surface area contributed by atoms with Gasteiger partial charge in [-0.25, -0.2) is 4.39 Å². The number of benzene rings is 3. The number of carbonyl (C=O) groups excluding carboxylic acids is 3. The quantitative estimate of drug-likeness (QED) is 0.145. The predicted octanol–water partition coefficient (Wildman–Crippen LogP) is 7.15. The number of nitrogens with zero attached hydrogens (tertiary/aromatic N) is 2. The molecule has 0 aromatic heterocycles. The fourth-order valence-corrected chi connectivity index (χ4v) is 5.73. The van der Waals surface area contributed by atoms with E-state index in [0.717, 1.165) is 4.90 Å². The van der Waals surface area contributed by atoms with Crippen LogP contribution >= 0.6 is 58.0 Å². The van der Waals surface area contributed by atoms with Crippen molar-refractivity contribution in [1.29, 1.82) is 0 Å². The fraction of sp³-hybridized carbons (Fsp3) is 0.125. The minimum Gasteiger partial charge on any atom is -0.300 e. The number of hydrogen-bond donors (Lipinski definition) is 0. The molecule has 0 bridgehead atoms. The third-order valence-electron chi connectivity index (χ3n) is 6.11. The minimum absolute atomic E-state index is 0.173. The average Bonchev–Trinajstić information content (AvgIpc) is 3.07. The summed E-state index contributed by atoms with van der Waals surface area (Å²) < 4.78 is 13.7. The molecule has 2 heterocycles. The van der Waals surface area contributed by atoms with Gasteiger partial charge in [-0.3, -0.25) is 19.3 Å². The molecule has 178 valence electrons. The van der Waals surface area contributed by atoms with Gasteiger partial charge in [0.1, 0.15) is 11.9 Å². The van der Waals surface area contributed by atoms with E-state index in [1.54, 1.807) is 25.1 Å². The number of rotatable bonds is 3. The van der Waals surface area contributed by atoms with E-state index in [1.807, 2.05) is 0 Å².